The van der Waals surface area contributed by atoms with E-state index < -0.39 is 0 Å². The van der Waals surface area contributed by atoms with Gasteiger partial charge in [-0.1, -0.05) is 31.1 Å². The van der Waals surface area contributed by atoms with Crippen LogP contribution in [0.25, 0.3) is 0 Å². The highest BCUT2D eigenvalue weighted by Crippen LogP contribution is 2.66. The Bertz CT molecular complexity index is 675. The van der Waals surface area contributed by atoms with Gasteiger partial charge in [0.1, 0.15) is 12.4 Å². The van der Waals surface area contributed by atoms with Gasteiger partial charge in [0, 0.05) is 13.3 Å². The first-order valence-electron chi connectivity index (χ1n) is 10.4. The van der Waals surface area contributed by atoms with Gasteiger partial charge in [0.15, 0.2) is 0 Å². The second-order valence-corrected chi connectivity index (χ2v) is 9.56. The van der Waals surface area contributed by atoms with Gasteiger partial charge in [-0.2, -0.15) is 0 Å². The Balaban J connectivity index is 1.60. The van der Waals surface area contributed by atoms with Crippen molar-refractivity contribution in [3.05, 3.63) is 23.3 Å². The zero-order valence-electron chi connectivity index (χ0n) is 16.4. The van der Waals surface area contributed by atoms with Crippen molar-refractivity contribution in [3.8, 4) is 0 Å². The van der Waals surface area contributed by atoms with Crippen LogP contribution in [0.2, 0.25) is 0 Å². The van der Waals surface area contributed by atoms with Crippen LogP contribution in [-0.2, 0) is 14.3 Å². The fourth-order valence-electron chi connectivity index (χ4n) is 7.17. The van der Waals surface area contributed by atoms with E-state index in [1.165, 1.54) is 31.8 Å². The van der Waals surface area contributed by atoms with Crippen LogP contribution in [0.3, 0.4) is 0 Å². The predicted molar refractivity (Wildman–Crippen MR) is 101 cm³/mol. The standard InChI is InChI=1S/C23H32O3/c1-15(25)26-18-8-11-23(3)17(14-18)4-6-19-20-7-5-16(10-13-24)22(20,2)12-9-21(19)23/h4,10,13,18-21H,5-9,11-12,14H2,1-3H3/b16-10+/t18-,19-,20-,21-,22+,23-/m0/s1. The second kappa shape index (κ2) is 6.35. The highest BCUT2D eigenvalue weighted by atomic mass is 16.5. The third-order valence-electron chi connectivity index (χ3n) is 8.51. The second-order valence-electron chi connectivity index (χ2n) is 9.56. The summed E-state index contributed by atoms with van der Waals surface area (Å²) in [6.07, 6.45) is 14.5. The van der Waals surface area contributed by atoms with E-state index in [0.717, 1.165) is 50.2 Å². The number of rotatable bonds is 2. The number of hydrogen-bond acceptors (Lipinski definition) is 3. The summed E-state index contributed by atoms with van der Waals surface area (Å²) in [7, 11) is 0. The van der Waals surface area contributed by atoms with Crippen molar-refractivity contribution < 1.29 is 14.3 Å². The van der Waals surface area contributed by atoms with E-state index in [1.807, 2.05) is 6.08 Å². The first kappa shape index (κ1) is 18.0. The van der Waals surface area contributed by atoms with Gasteiger partial charge < -0.3 is 4.74 Å². The van der Waals surface area contributed by atoms with Crippen molar-refractivity contribution in [1.29, 1.82) is 0 Å². The molecule has 0 heterocycles. The van der Waals surface area contributed by atoms with Crippen molar-refractivity contribution in [3.63, 3.8) is 0 Å². The van der Waals surface area contributed by atoms with E-state index in [1.54, 1.807) is 5.57 Å². The number of ether oxygens (including phenoxy) is 1. The zero-order chi connectivity index (χ0) is 18.5. The number of carbonyl (C=O) groups is 2. The molecule has 3 fully saturated rings. The molecule has 0 radical (unpaired) electrons. The molecule has 0 amide bonds. The maximum absolute atomic E-state index is 11.4. The lowest BCUT2D eigenvalue weighted by molar-refractivity contribution is -0.148. The summed E-state index contributed by atoms with van der Waals surface area (Å²) in [5, 5.41) is 0. The summed E-state index contributed by atoms with van der Waals surface area (Å²) in [6, 6.07) is 0. The molecule has 0 aliphatic heterocycles. The highest BCUT2D eigenvalue weighted by Gasteiger charge is 2.57. The highest BCUT2D eigenvalue weighted by molar-refractivity contribution is 5.67. The molecule has 4 rings (SSSR count). The van der Waals surface area contributed by atoms with E-state index in [2.05, 4.69) is 19.9 Å². The summed E-state index contributed by atoms with van der Waals surface area (Å²) in [5.74, 6) is 2.05. The van der Waals surface area contributed by atoms with E-state index in [9.17, 15) is 9.59 Å². The summed E-state index contributed by atoms with van der Waals surface area (Å²) >= 11 is 0. The molecule has 3 heteroatoms. The normalized spacial score (nSPS) is 46.0. The first-order valence-corrected chi connectivity index (χ1v) is 10.4. The molecule has 6 atom stereocenters. The lowest BCUT2D eigenvalue weighted by Gasteiger charge is -2.57. The van der Waals surface area contributed by atoms with E-state index in [0.29, 0.717) is 5.92 Å². The predicted octanol–water partition coefficient (Wildman–Crippen LogP) is 5.01. The molecule has 0 spiro atoms. The van der Waals surface area contributed by atoms with Crippen molar-refractivity contribution in [1.82, 2.24) is 0 Å². The number of esters is 1. The molecule has 142 valence electrons. The third kappa shape index (κ3) is 2.61. The van der Waals surface area contributed by atoms with Crippen LogP contribution in [0, 0.1) is 28.6 Å². The maximum atomic E-state index is 11.4. The van der Waals surface area contributed by atoms with Crippen molar-refractivity contribution in [2.75, 3.05) is 0 Å². The van der Waals surface area contributed by atoms with Gasteiger partial charge in [0.25, 0.3) is 0 Å². The molecular formula is C23H32O3. The Hall–Kier alpha value is -1.38. The van der Waals surface area contributed by atoms with Gasteiger partial charge in [-0.15, -0.1) is 0 Å². The fraction of sp³-hybridized carbons (Fsp3) is 0.739. The molecule has 0 aromatic heterocycles. The van der Waals surface area contributed by atoms with Crippen LogP contribution in [-0.4, -0.2) is 18.4 Å². The molecule has 0 unspecified atom stereocenters. The number of hydrogen-bond donors (Lipinski definition) is 0. The fourth-order valence-corrected chi connectivity index (χ4v) is 7.17. The number of allylic oxidation sites excluding steroid dienone is 3. The lowest BCUT2D eigenvalue weighted by Crippen LogP contribution is -2.49. The van der Waals surface area contributed by atoms with Gasteiger partial charge in [0.2, 0.25) is 0 Å². The van der Waals surface area contributed by atoms with Crippen molar-refractivity contribution in [2.24, 2.45) is 28.6 Å². The molecule has 3 nitrogen and oxygen atoms in total. The van der Waals surface area contributed by atoms with E-state index in [4.69, 9.17) is 4.74 Å². The Morgan fingerprint density at radius 1 is 1.15 bits per heavy atom. The third-order valence-corrected chi connectivity index (χ3v) is 8.51. The summed E-state index contributed by atoms with van der Waals surface area (Å²) < 4.78 is 5.53. The molecule has 26 heavy (non-hydrogen) atoms. The number of aldehydes is 1. The average molecular weight is 357 g/mol. The van der Waals surface area contributed by atoms with Gasteiger partial charge >= 0.3 is 5.97 Å². The van der Waals surface area contributed by atoms with Gasteiger partial charge in [-0.05, 0) is 79.6 Å². The smallest absolute Gasteiger partial charge is 0.302 e. The van der Waals surface area contributed by atoms with Crippen LogP contribution in [0.1, 0.15) is 72.1 Å². The Morgan fingerprint density at radius 2 is 1.88 bits per heavy atom. The number of carbonyl (C=O) groups excluding carboxylic acids is 2. The summed E-state index contributed by atoms with van der Waals surface area (Å²) in [5.41, 5.74) is 3.45. The SMILES string of the molecule is CC(=O)O[C@H]1CC[C@@]2(C)C(=CC[C@@H]3[C@@H]2CC[C@]2(C)/C(=C/C=O)CC[C@@H]32)C1. The zero-order valence-corrected chi connectivity index (χ0v) is 16.4. The Kier molecular flexibility index (Phi) is 4.40. The molecular weight excluding hydrogens is 324 g/mol. The lowest BCUT2D eigenvalue weighted by atomic mass is 9.48. The van der Waals surface area contributed by atoms with Crippen LogP contribution >= 0.6 is 0 Å². The van der Waals surface area contributed by atoms with Gasteiger partial charge in [-0.25, -0.2) is 0 Å². The van der Waals surface area contributed by atoms with Gasteiger partial charge in [0.05, 0.1) is 0 Å². The average Bonchev–Trinajstić information content (AvgIpc) is 2.92. The molecule has 0 bridgehead atoms. The Morgan fingerprint density at radius 3 is 2.62 bits per heavy atom. The minimum absolute atomic E-state index is 0.0749. The van der Waals surface area contributed by atoms with Crippen LogP contribution in [0.4, 0.5) is 0 Å². The molecule has 0 saturated heterocycles. The monoisotopic (exact) mass is 356 g/mol. The Labute approximate surface area is 157 Å². The van der Waals surface area contributed by atoms with Crippen molar-refractivity contribution >= 4 is 12.3 Å². The molecule has 0 aromatic rings. The van der Waals surface area contributed by atoms with E-state index in [-0.39, 0.29) is 22.9 Å². The van der Waals surface area contributed by atoms with Crippen LogP contribution < -0.4 is 0 Å². The number of fused-ring (bicyclic) bond motifs is 5. The minimum atomic E-state index is -0.151. The molecule has 3 saturated carbocycles. The topological polar surface area (TPSA) is 43.4 Å². The molecule has 0 N–H and O–H groups in total. The minimum Gasteiger partial charge on any atom is -0.462 e. The van der Waals surface area contributed by atoms with E-state index >= 15 is 0 Å². The molecule has 0 aromatic carbocycles. The maximum Gasteiger partial charge on any atom is 0.302 e. The molecule has 4 aliphatic rings. The van der Waals surface area contributed by atoms with Crippen molar-refractivity contribution in [2.45, 2.75) is 78.2 Å². The summed E-state index contributed by atoms with van der Waals surface area (Å²) in [4.78, 5) is 22.4. The summed E-state index contributed by atoms with van der Waals surface area (Å²) in [6.45, 7) is 6.40. The first-order chi connectivity index (χ1) is 12.4. The van der Waals surface area contributed by atoms with Gasteiger partial charge in [-0.3, -0.25) is 9.59 Å². The van der Waals surface area contributed by atoms with Crippen LogP contribution in [0.15, 0.2) is 23.3 Å². The van der Waals surface area contributed by atoms with Crippen LogP contribution in [0.5, 0.6) is 0 Å². The largest absolute Gasteiger partial charge is 0.462 e. The quantitative estimate of drug-likeness (QED) is 0.302. The molecule has 4 aliphatic carbocycles.